The molecule has 0 radical (unpaired) electrons. The number of hydrogen-bond donors (Lipinski definition) is 0. The van der Waals surface area contributed by atoms with E-state index in [0.717, 1.165) is 51.4 Å². The molecule has 0 N–H and O–H groups in total. The Bertz CT molecular complexity index is 1490. The lowest BCUT2D eigenvalue weighted by atomic mass is 10.0. The molecule has 3 aromatic heterocycles. The van der Waals surface area contributed by atoms with E-state index < -0.39 is 0 Å². The monoisotopic (exact) mass is 466 g/mol. The van der Waals surface area contributed by atoms with Crippen molar-refractivity contribution in [2.45, 2.75) is 19.9 Å². The van der Waals surface area contributed by atoms with Crippen LogP contribution in [0.3, 0.4) is 0 Å². The van der Waals surface area contributed by atoms with Crippen molar-refractivity contribution < 1.29 is 9.26 Å². The van der Waals surface area contributed by atoms with E-state index in [1.54, 1.807) is 10.9 Å². The lowest BCUT2D eigenvalue weighted by molar-refractivity contribution is 0.0939. The Morgan fingerprint density at radius 3 is 2.60 bits per heavy atom. The Morgan fingerprint density at radius 1 is 1.00 bits per heavy atom. The third kappa shape index (κ3) is 3.85. The third-order valence-corrected chi connectivity index (χ3v) is 6.55. The van der Waals surface area contributed by atoms with E-state index in [4.69, 9.17) is 19.2 Å². The largest absolute Gasteiger partial charge is 0.377 e. The van der Waals surface area contributed by atoms with Crippen LogP contribution in [0.2, 0.25) is 0 Å². The summed E-state index contributed by atoms with van der Waals surface area (Å²) in [5.41, 5.74) is 5.84. The van der Waals surface area contributed by atoms with Crippen LogP contribution in [0, 0.1) is 13.8 Å². The molecule has 5 aromatic rings. The predicted molar refractivity (Wildman–Crippen MR) is 134 cm³/mol. The zero-order chi connectivity index (χ0) is 23.9. The van der Waals surface area contributed by atoms with E-state index in [1.165, 1.54) is 5.56 Å². The molecular formula is C27H26N6O2. The second-order valence-corrected chi connectivity index (χ2v) is 8.90. The lowest BCUT2D eigenvalue weighted by Gasteiger charge is -2.37. The number of benzene rings is 2. The van der Waals surface area contributed by atoms with E-state index in [0.29, 0.717) is 19.0 Å². The van der Waals surface area contributed by atoms with Gasteiger partial charge in [0, 0.05) is 30.7 Å². The molecule has 8 nitrogen and oxygen atoms in total. The van der Waals surface area contributed by atoms with E-state index >= 15 is 0 Å². The zero-order valence-electron chi connectivity index (χ0n) is 20.0. The average Bonchev–Trinajstić information content (AvgIpc) is 3.48. The second-order valence-electron chi connectivity index (χ2n) is 8.90. The molecule has 4 heterocycles. The maximum Gasteiger partial charge on any atom is 0.165 e. The van der Waals surface area contributed by atoms with Gasteiger partial charge in [0.2, 0.25) is 0 Å². The van der Waals surface area contributed by atoms with Crippen molar-refractivity contribution in [1.82, 2.24) is 24.9 Å². The van der Waals surface area contributed by atoms with Crippen LogP contribution in [0.4, 0.5) is 5.82 Å². The van der Waals surface area contributed by atoms with E-state index in [-0.39, 0.29) is 6.04 Å². The Balaban J connectivity index is 1.56. The fourth-order valence-corrected chi connectivity index (χ4v) is 4.86. The molecule has 35 heavy (non-hydrogen) atoms. The first kappa shape index (κ1) is 21.5. The molecule has 0 aliphatic carbocycles. The lowest BCUT2D eigenvalue weighted by Crippen LogP contribution is -2.40. The van der Waals surface area contributed by atoms with Crippen LogP contribution in [0.25, 0.3) is 33.4 Å². The van der Waals surface area contributed by atoms with Gasteiger partial charge in [-0.2, -0.15) is 5.10 Å². The molecule has 1 atom stereocenters. The number of nitrogens with zero attached hydrogens (tertiary/aromatic N) is 6. The van der Waals surface area contributed by atoms with Crippen molar-refractivity contribution >= 4 is 16.7 Å². The summed E-state index contributed by atoms with van der Waals surface area (Å²) in [7, 11) is 1.90. The van der Waals surface area contributed by atoms with Crippen LogP contribution in [0.15, 0.2) is 65.4 Å². The minimum atomic E-state index is 0.0621. The fourth-order valence-electron chi connectivity index (χ4n) is 4.86. The summed E-state index contributed by atoms with van der Waals surface area (Å²) in [5, 5.41) is 9.47. The fraction of sp³-hybridized carbons (Fsp3) is 0.259. The van der Waals surface area contributed by atoms with Crippen LogP contribution in [0.5, 0.6) is 0 Å². The molecule has 0 unspecified atom stereocenters. The van der Waals surface area contributed by atoms with Gasteiger partial charge >= 0.3 is 0 Å². The highest BCUT2D eigenvalue weighted by Crippen LogP contribution is 2.37. The number of aromatic nitrogens is 5. The Kier molecular flexibility index (Phi) is 5.30. The standard InChI is InChI=1S/C27H26N6O2/c1-17-25(18(2)35-31-17)20-9-10-22-23(13-20)29-26(21-14-28-32(3)15-21)30-27(22)33-11-12-34-16-24(33)19-7-5-4-6-8-19/h4-10,13-15,24H,11-12,16H2,1-3H3/t24-/m1/s1. The highest BCUT2D eigenvalue weighted by Gasteiger charge is 2.28. The zero-order valence-corrected chi connectivity index (χ0v) is 20.0. The number of hydrogen-bond acceptors (Lipinski definition) is 7. The summed E-state index contributed by atoms with van der Waals surface area (Å²) in [4.78, 5) is 12.4. The number of anilines is 1. The third-order valence-electron chi connectivity index (χ3n) is 6.55. The molecule has 0 bridgehead atoms. The van der Waals surface area contributed by atoms with Crippen molar-refractivity contribution in [2.24, 2.45) is 7.05 Å². The minimum Gasteiger partial charge on any atom is -0.377 e. The molecule has 1 aliphatic rings. The van der Waals surface area contributed by atoms with Crippen molar-refractivity contribution in [3.8, 4) is 22.5 Å². The van der Waals surface area contributed by atoms with E-state index in [2.05, 4.69) is 57.6 Å². The smallest absolute Gasteiger partial charge is 0.165 e. The Labute approximate surface area is 203 Å². The van der Waals surface area contributed by atoms with Gasteiger partial charge in [0.25, 0.3) is 0 Å². The molecule has 1 aliphatic heterocycles. The summed E-state index contributed by atoms with van der Waals surface area (Å²) in [5.74, 6) is 2.34. The molecule has 0 amide bonds. The molecule has 176 valence electrons. The summed E-state index contributed by atoms with van der Waals surface area (Å²) in [6, 6.07) is 16.8. The van der Waals surface area contributed by atoms with Crippen LogP contribution < -0.4 is 4.90 Å². The van der Waals surface area contributed by atoms with E-state index in [9.17, 15) is 0 Å². The number of morpholine rings is 1. The number of fused-ring (bicyclic) bond motifs is 1. The second kappa shape index (κ2) is 8.63. The summed E-state index contributed by atoms with van der Waals surface area (Å²) < 4.78 is 13.1. The van der Waals surface area contributed by atoms with Gasteiger partial charge in [-0.25, -0.2) is 9.97 Å². The van der Waals surface area contributed by atoms with Crippen LogP contribution >= 0.6 is 0 Å². The summed E-state index contributed by atoms with van der Waals surface area (Å²) >= 11 is 0. The normalized spacial score (nSPS) is 16.2. The van der Waals surface area contributed by atoms with Gasteiger partial charge in [-0.3, -0.25) is 4.68 Å². The number of aryl methyl sites for hydroxylation is 3. The average molecular weight is 467 g/mol. The number of rotatable bonds is 4. The first-order chi connectivity index (χ1) is 17.1. The van der Waals surface area contributed by atoms with Crippen LogP contribution in [0.1, 0.15) is 23.1 Å². The Morgan fingerprint density at radius 2 is 1.86 bits per heavy atom. The molecular weight excluding hydrogens is 440 g/mol. The van der Waals surface area contributed by atoms with Crippen molar-refractivity contribution in [3.63, 3.8) is 0 Å². The van der Waals surface area contributed by atoms with Gasteiger partial charge in [-0.1, -0.05) is 41.6 Å². The highest BCUT2D eigenvalue weighted by molar-refractivity contribution is 5.94. The molecule has 1 fully saturated rings. The molecule has 2 aromatic carbocycles. The summed E-state index contributed by atoms with van der Waals surface area (Å²) in [6.07, 6.45) is 3.74. The maximum atomic E-state index is 5.90. The highest BCUT2D eigenvalue weighted by atomic mass is 16.5. The molecule has 0 saturated carbocycles. The van der Waals surface area contributed by atoms with Gasteiger partial charge in [0.15, 0.2) is 5.82 Å². The predicted octanol–water partition coefficient (Wildman–Crippen LogP) is 4.88. The van der Waals surface area contributed by atoms with Crippen molar-refractivity contribution in [1.29, 1.82) is 0 Å². The molecule has 0 spiro atoms. The van der Waals surface area contributed by atoms with Crippen molar-refractivity contribution in [3.05, 3.63) is 77.9 Å². The van der Waals surface area contributed by atoms with Gasteiger partial charge in [0.05, 0.1) is 42.2 Å². The van der Waals surface area contributed by atoms with Crippen molar-refractivity contribution in [2.75, 3.05) is 24.7 Å². The van der Waals surface area contributed by atoms with Gasteiger partial charge < -0.3 is 14.2 Å². The summed E-state index contributed by atoms with van der Waals surface area (Å²) in [6.45, 7) is 5.89. The minimum absolute atomic E-state index is 0.0621. The van der Waals surface area contributed by atoms with Crippen LogP contribution in [-0.4, -0.2) is 44.7 Å². The maximum absolute atomic E-state index is 5.90. The SMILES string of the molecule is Cc1noc(C)c1-c1ccc2c(N3CCOC[C@@H]3c3ccccc3)nc(-c3cnn(C)c3)nc2c1. The first-order valence-electron chi connectivity index (χ1n) is 11.7. The molecule has 6 rings (SSSR count). The van der Waals surface area contributed by atoms with Crippen LogP contribution in [-0.2, 0) is 11.8 Å². The molecule has 1 saturated heterocycles. The van der Waals surface area contributed by atoms with E-state index in [1.807, 2.05) is 33.2 Å². The quantitative estimate of drug-likeness (QED) is 0.373. The first-order valence-corrected chi connectivity index (χ1v) is 11.7. The Hall–Kier alpha value is -4.04. The topological polar surface area (TPSA) is 82.1 Å². The van der Waals surface area contributed by atoms with Gasteiger partial charge in [0.1, 0.15) is 11.6 Å². The van der Waals surface area contributed by atoms with Gasteiger partial charge in [-0.15, -0.1) is 0 Å². The van der Waals surface area contributed by atoms with Gasteiger partial charge in [-0.05, 0) is 37.1 Å². The molecule has 8 heteroatoms. The number of ether oxygens (including phenoxy) is 1.